The van der Waals surface area contributed by atoms with Crippen LogP contribution in [0.1, 0.15) is 10.4 Å². The van der Waals surface area contributed by atoms with E-state index < -0.39 is 0 Å². The van der Waals surface area contributed by atoms with Gasteiger partial charge in [0.2, 0.25) is 0 Å². The molecule has 0 spiro atoms. The summed E-state index contributed by atoms with van der Waals surface area (Å²) in [6.07, 6.45) is 9.89. The van der Waals surface area contributed by atoms with Crippen molar-refractivity contribution < 1.29 is 4.79 Å². The van der Waals surface area contributed by atoms with E-state index in [4.69, 9.17) is 0 Å². The zero-order valence-electron chi connectivity index (χ0n) is 10.5. The van der Waals surface area contributed by atoms with Gasteiger partial charge >= 0.3 is 0 Å². The summed E-state index contributed by atoms with van der Waals surface area (Å²) in [5.74, 6) is 0.504. The molecule has 0 aliphatic rings. The maximum atomic E-state index is 12.0. The zero-order chi connectivity index (χ0) is 13.8. The zero-order valence-corrected chi connectivity index (χ0v) is 10.5. The van der Waals surface area contributed by atoms with Gasteiger partial charge < -0.3 is 5.32 Å². The molecule has 0 unspecified atom stereocenters. The van der Waals surface area contributed by atoms with Crippen LogP contribution in [0.2, 0.25) is 0 Å². The van der Waals surface area contributed by atoms with Crippen molar-refractivity contribution in [3.8, 4) is 5.82 Å². The van der Waals surface area contributed by atoms with E-state index in [0.29, 0.717) is 17.1 Å². The molecule has 0 radical (unpaired) electrons. The number of nitrogens with zero attached hydrogens (tertiary/aromatic N) is 4. The predicted molar refractivity (Wildman–Crippen MR) is 73.5 cm³/mol. The van der Waals surface area contributed by atoms with E-state index >= 15 is 0 Å². The number of hydrogen-bond donors (Lipinski definition) is 1. The molecule has 0 atom stereocenters. The Labute approximate surface area is 115 Å². The number of hydrogen-bond acceptors (Lipinski definition) is 4. The summed E-state index contributed by atoms with van der Waals surface area (Å²) in [6.45, 7) is 0. The lowest BCUT2D eigenvalue weighted by Crippen LogP contribution is -2.12. The molecule has 3 rings (SSSR count). The number of amides is 1. The minimum Gasteiger partial charge on any atom is -0.322 e. The predicted octanol–water partition coefficient (Wildman–Crippen LogP) is 1.91. The number of carbonyl (C=O) groups is 1. The van der Waals surface area contributed by atoms with Gasteiger partial charge in [-0.3, -0.25) is 14.3 Å². The van der Waals surface area contributed by atoms with Crippen LogP contribution in [-0.2, 0) is 0 Å². The molecule has 0 bridgehead atoms. The second-order valence-electron chi connectivity index (χ2n) is 4.07. The minimum absolute atomic E-state index is 0.208. The van der Waals surface area contributed by atoms with Crippen LogP contribution in [0.5, 0.6) is 0 Å². The third-order valence-electron chi connectivity index (χ3n) is 2.72. The molecule has 6 nitrogen and oxygen atoms in total. The lowest BCUT2D eigenvalue weighted by molar-refractivity contribution is 0.102. The smallest absolute Gasteiger partial charge is 0.257 e. The summed E-state index contributed by atoms with van der Waals surface area (Å²) in [5.41, 5.74) is 1.19. The Balaban J connectivity index is 1.76. The summed E-state index contributed by atoms with van der Waals surface area (Å²) < 4.78 is 1.77. The third kappa shape index (κ3) is 2.54. The molecule has 98 valence electrons. The maximum absolute atomic E-state index is 12.0. The summed E-state index contributed by atoms with van der Waals surface area (Å²) >= 11 is 0. The van der Waals surface area contributed by atoms with Crippen LogP contribution in [-0.4, -0.2) is 25.4 Å². The van der Waals surface area contributed by atoms with Gasteiger partial charge in [0, 0.05) is 36.7 Å². The lowest BCUT2D eigenvalue weighted by atomic mass is 10.2. The fourth-order valence-electron chi connectivity index (χ4n) is 1.71. The number of nitrogens with one attached hydrogen (secondary N) is 1. The highest BCUT2D eigenvalue weighted by Crippen LogP contribution is 2.09. The van der Waals surface area contributed by atoms with E-state index in [0.717, 1.165) is 0 Å². The molecular weight excluding hydrogens is 254 g/mol. The number of rotatable bonds is 3. The van der Waals surface area contributed by atoms with Gasteiger partial charge in [-0.15, -0.1) is 0 Å². The van der Waals surface area contributed by atoms with Gasteiger partial charge in [0.15, 0.2) is 0 Å². The number of imidazole rings is 1. The van der Waals surface area contributed by atoms with Crippen LogP contribution >= 0.6 is 0 Å². The van der Waals surface area contributed by atoms with Crippen LogP contribution < -0.4 is 5.32 Å². The normalized spacial score (nSPS) is 10.2. The highest BCUT2D eigenvalue weighted by atomic mass is 16.1. The standard InChI is InChI=1S/C14H11N5O/c20-14(18-12-3-5-15-6-4-12)11-1-2-13(17-9-11)19-8-7-16-10-19/h1-10H,(H,15,18,20). The van der Waals surface area contributed by atoms with Gasteiger partial charge in [-0.1, -0.05) is 0 Å². The van der Waals surface area contributed by atoms with Crippen molar-refractivity contribution in [1.29, 1.82) is 0 Å². The Bertz CT molecular complexity index is 692. The summed E-state index contributed by atoms with van der Waals surface area (Å²) in [5, 5.41) is 2.77. The Morgan fingerprint density at radius 2 is 1.90 bits per heavy atom. The summed E-state index contributed by atoms with van der Waals surface area (Å²) in [6, 6.07) is 6.94. The number of anilines is 1. The number of carbonyl (C=O) groups excluding carboxylic acids is 1. The topological polar surface area (TPSA) is 72.7 Å². The summed E-state index contributed by atoms with van der Waals surface area (Å²) in [7, 11) is 0. The van der Waals surface area contributed by atoms with Crippen LogP contribution in [0.25, 0.3) is 5.82 Å². The molecule has 20 heavy (non-hydrogen) atoms. The Morgan fingerprint density at radius 3 is 2.55 bits per heavy atom. The molecule has 3 heterocycles. The van der Waals surface area contributed by atoms with Gasteiger partial charge in [0.1, 0.15) is 12.1 Å². The van der Waals surface area contributed by atoms with Gasteiger partial charge in [0.25, 0.3) is 5.91 Å². The molecule has 0 aliphatic heterocycles. The first-order chi connectivity index (χ1) is 9.83. The van der Waals surface area contributed by atoms with Gasteiger partial charge in [-0.25, -0.2) is 9.97 Å². The lowest BCUT2D eigenvalue weighted by Gasteiger charge is -2.05. The molecule has 1 N–H and O–H groups in total. The van der Waals surface area contributed by atoms with Crippen molar-refractivity contribution in [3.63, 3.8) is 0 Å². The van der Waals surface area contributed by atoms with Crippen molar-refractivity contribution in [2.75, 3.05) is 5.32 Å². The van der Waals surface area contributed by atoms with Crippen molar-refractivity contribution in [2.45, 2.75) is 0 Å². The molecular formula is C14H11N5O. The molecule has 0 aliphatic carbocycles. The highest BCUT2D eigenvalue weighted by molar-refractivity contribution is 6.04. The van der Waals surface area contributed by atoms with E-state index in [1.54, 1.807) is 59.9 Å². The minimum atomic E-state index is -0.208. The fourth-order valence-corrected chi connectivity index (χ4v) is 1.71. The average Bonchev–Trinajstić information content (AvgIpc) is 3.03. The van der Waals surface area contributed by atoms with E-state index in [2.05, 4.69) is 20.3 Å². The SMILES string of the molecule is O=C(Nc1ccncc1)c1ccc(-n2ccnc2)nc1. The monoisotopic (exact) mass is 265 g/mol. The Kier molecular flexibility index (Phi) is 3.20. The first-order valence-corrected chi connectivity index (χ1v) is 5.99. The Hall–Kier alpha value is -3.02. The fraction of sp³-hybridized carbons (Fsp3) is 0. The van der Waals surface area contributed by atoms with Crippen LogP contribution in [0.3, 0.4) is 0 Å². The van der Waals surface area contributed by atoms with Crippen LogP contribution in [0, 0.1) is 0 Å². The second-order valence-corrected chi connectivity index (χ2v) is 4.07. The highest BCUT2D eigenvalue weighted by Gasteiger charge is 2.07. The second kappa shape index (κ2) is 5.31. The maximum Gasteiger partial charge on any atom is 0.257 e. The first kappa shape index (κ1) is 12.0. The number of aromatic nitrogens is 4. The molecule has 6 heteroatoms. The Morgan fingerprint density at radius 1 is 1.05 bits per heavy atom. The van der Waals surface area contributed by atoms with E-state index in [1.165, 1.54) is 6.20 Å². The summed E-state index contributed by atoms with van der Waals surface area (Å²) in [4.78, 5) is 24.1. The largest absolute Gasteiger partial charge is 0.322 e. The van der Waals surface area contributed by atoms with Crippen molar-refractivity contribution >= 4 is 11.6 Å². The molecule has 0 fully saturated rings. The van der Waals surface area contributed by atoms with E-state index in [9.17, 15) is 4.79 Å². The van der Waals surface area contributed by atoms with Gasteiger partial charge in [-0.05, 0) is 24.3 Å². The third-order valence-corrected chi connectivity index (χ3v) is 2.72. The molecule has 0 aromatic carbocycles. The molecule has 3 aromatic rings. The van der Waals surface area contributed by atoms with Gasteiger partial charge in [-0.2, -0.15) is 0 Å². The number of pyridine rings is 2. The van der Waals surface area contributed by atoms with Crippen molar-refractivity contribution in [1.82, 2.24) is 19.5 Å². The van der Waals surface area contributed by atoms with E-state index in [-0.39, 0.29) is 5.91 Å². The van der Waals surface area contributed by atoms with Crippen molar-refractivity contribution in [3.05, 3.63) is 67.1 Å². The van der Waals surface area contributed by atoms with Crippen molar-refractivity contribution in [2.24, 2.45) is 0 Å². The molecule has 1 amide bonds. The van der Waals surface area contributed by atoms with E-state index in [1.807, 2.05) is 0 Å². The molecule has 0 saturated heterocycles. The average molecular weight is 265 g/mol. The van der Waals surface area contributed by atoms with Crippen LogP contribution in [0.4, 0.5) is 5.69 Å². The first-order valence-electron chi connectivity index (χ1n) is 5.99. The van der Waals surface area contributed by atoms with Crippen LogP contribution in [0.15, 0.2) is 61.6 Å². The quantitative estimate of drug-likeness (QED) is 0.785. The molecule has 3 aromatic heterocycles. The van der Waals surface area contributed by atoms with Gasteiger partial charge in [0.05, 0.1) is 5.56 Å². The molecule has 0 saturated carbocycles.